The third-order valence-corrected chi connectivity index (χ3v) is 7.34. The minimum Gasteiger partial charge on any atom is -0.378 e. The van der Waals surface area contributed by atoms with Crippen molar-refractivity contribution in [1.82, 2.24) is 15.1 Å². The molecule has 1 atom stereocenters. The average molecular weight is 512 g/mol. The van der Waals surface area contributed by atoms with Crippen molar-refractivity contribution in [2.75, 3.05) is 63.2 Å². The summed E-state index contributed by atoms with van der Waals surface area (Å²) in [5, 5.41) is 3.00. The highest BCUT2D eigenvalue weighted by molar-refractivity contribution is 6.22. The van der Waals surface area contributed by atoms with E-state index >= 15 is 0 Å². The fourth-order valence-electron chi connectivity index (χ4n) is 5.18. The monoisotopic (exact) mass is 511 g/mol. The van der Waals surface area contributed by atoms with Gasteiger partial charge in [0.2, 0.25) is 5.91 Å². The van der Waals surface area contributed by atoms with Gasteiger partial charge < -0.3 is 15.1 Å². The Morgan fingerprint density at radius 2 is 1.39 bits per heavy atom. The number of hydrogen-bond donors (Lipinski definition) is 1. The summed E-state index contributed by atoms with van der Waals surface area (Å²) in [6, 6.07) is 25.4. The Labute approximate surface area is 223 Å². The maximum Gasteiger partial charge on any atom is 0.262 e. The molecule has 1 saturated heterocycles. The van der Waals surface area contributed by atoms with Crippen molar-refractivity contribution in [2.24, 2.45) is 0 Å². The minimum atomic E-state index is -0.423. The highest BCUT2D eigenvalue weighted by atomic mass is 16.2. The highest BCUT2D eigenvalue weighted by Gasteiger charge is 2.36. The van der Waals surface area contributed by atoms with Gasteiger partial charge in [0.15, 0.2) is 0 Å². The number of rotatable bonds is 8. The molecule has 0 aromatic heterocycles. The van der Waals surface area contributed by atoms with Gasteiger partial charge in [-0.05, 0) is 42.0 Å². The predicted octanol–water partition coefficient (Wildman–Crippen LogP) is 3.03. The van der Waals surface area contributed by atoms with Crippen molar-refractivity contribution in [3.63, 3.8) is 0 Å². The van der Waals surface area contributed by atoms with Gasteiger partial charge in [-0.25, -0.2) is 0 Å². The van der Waals surface area contributed by atoms with E-state index in [1.165, 1.54) is 5.69 Å². The predicted molar refractivity (Wildman–Crippen MR) is 149 cm³/mol. The molecule has 2 aliphatic heterocycles. The molecular formula is C30H33N5O3. The van der Waals surface area contributed by atoms with Crippen molar-refractivity contribution < 1.29 is 14.4 Å². The smallest absolute Gasteiger partial charge is 0.262 e. The van der Waals surface area contributed by atoms with Crippen molar-refractivity contribution in [3.8, 4) is 0 Å². The first-order valence-electron chi connectivity index (χ1n) is 13.0. The summed E-state index contributed by atoms with van der Waals surface area (Å²) >= 11 is 0. The molecule has 0 bridgehead atoms. The quantitative estimate of drug-likeness (QED) is 0.469. The molecular weight excluding hydrogens is 478 g/mol. The van der Waals surface area contributed by atoms with Crippen molar-refractivity contribution in [1.29, 1.82) is 0 Å². The van der Waals surface area contributed by atoms with Crippen LogP contribution in [0.5, 0.6) is 0 Å². The van der Waals surface area contributed by atoms with E-state index < -0.39 is 11.8 Å². The number of carbonyl (C=O) groups is 3. The molecule has 0 radical (unpaired) electrons. The number of anilines is 2. The van der Waals surface area contributed by atoms with Crippen LogP contribution in [0.2, 0.25) is 0 Å². The standard InChI is InChI=1S/C30H33N5O3/c1-32(2)23-14-12-22(13-15-23)27(34-18-16-33(17-19-34)24-8-4-3-5-9-24)20-31-28(36)21-35-29(37)25-10-6-7-11-26(25)30(35)38/h3-15,27H,16-21H2,1-2H3,(H,31,36). The van der Waals surface area contributed by atoms with E-state index in [1.54, 1.807) is 24.3 Å². The number of nitrogens with one attached hydrogen (secondary N) is 1. The molecule has 3 aromatic rings. The summed E-state index contributed by atoms with van der Waals surface area (Å²) in [5.41, 5.74) is 4.13. The fourth-order valence-corrected chi connectivity index (χ4v) is 5.18. The van der Waals surface area contributed by atoms with E-state index in [-0.39, 0.29) is 18.5 Å². The van der Waals surface area contributed by atoms with Crippen LogP contribution in [-0.4, -0.2) is 80.9 Å². The van der Waals surface area contributed by atoms with E-state index in [0.29, 0.717) is 17.7 Å². The minimum absolute atomic E-state index is 0.0322. The Hall–Kier alpha value is -4.17. The summed E-state index contributed by atoms with van der Waals surface area (Å²) in [4.78, 5) is 46.2. The molecule has 0 aliphatic carbocycles. The second-order valence-electron chi connectivity index (χ2n) is 9.91. The number of para-hydroxylation sites is 1. The van der Waals surface area contributed by atoms with Gasteiger partial charge in [-0.3, -0.25) is 24.2 Å². The second kappa shape index (κ2) is 11.1. The SMILES string of the molecule is CN(C)c1ccc(C(CNC(=O)CN2C(=O)c3ccccc3C2=O)N2CCN(c3ccccc3)CC2)cc1. The Bertz CT molecular complexity index is 1270. The zero-order valence-corrected chi connectivity index (χ0v) is 21.8. The molecule has 1 fully saturated rings. The number of amides is 3. The van der Waals surface area contributed by atoms with Gasteiger partial charge >= 0.3 is 0 Å². The molecule has 38 heavy (non-hydrogen) atoms. The number of fused-ring (bicyclic) bond motifs is 1. The lowest BCUT2D eigenvalue weighted by molar-refractivity contribution is -0.121. The van der Waals surface area contributed by atoms with Crippen molar-refractivity contribution in [3.05, 3.63) is 95.6 Å². The van der Waals surface area contributed by atoms with E-state index in [9.17, 15) is 14.4 Å². The van der Waals surface area contributed by atoms with Crippen LogP contribution in [0.4, 0.5) is 11.4 Å². The van der Waals surface area contributed by atoms with Crippen LogP contribution in [-0.2, 0) is 4.79 Å². The van der Waals surface area contributed by atoms with E-state index in [0.717, 1.165) is 42.3 Å². The Morgan fingerprint density at radius 3 is 1.97 bits per heavy atom. The summed E-state index contributed by atoms with van der Waals surface area (Å²) in [7, 11) is 4.02. The van der Waals surface area contributed by atoms with Crippen molar-refractivity contribution >= 4 is 29.1 Å². The average Bonchev–Trinajstić information content (AvgIpc) is 3.19. The Morgan fingerprint density at radius 1 is 0.816 bits per heavy atom. The molecule has 1 unspecified atom stereocenters. The molecule has 1 N–H and O–H groups in total. The molecule has 8 nitrogen and oxygen atoms in total. The van der Waals surface area contributed by atoms with Crippen LogP contribution in [0.25, 0.3) is 0 Å². The summed E-state index contributed by atoms with van der Waals surface area (Å²) < 4.78 is 0. The van der Waals surface area contributed by atoms with Crippen LogP contribution in [0.1, 0.15) is 32.3 Å². The number of carbonyl (C=O) groups excluding carboxylic acids is 3. The largest absolute Gasteiger partial charge is 0.378 e. The third-order valence-electron chi connectivity index (χ3n) is 7.34. The van der Waals surface area contributed by atoms with Crippen LogP contribution in [0.3, 0.4) is 0 Å². The molecule has 8 heteroatoms. The number of hydrogen-bond acceptors (Lipinski definition) is 6. The summed E-state index contributed by atoms with van der Waals surface area (Å²) in [5.74, 6) is -1.19. The van der Waals surface area contributed by atoms with Gasteiger partial charge in [0.25, 0.3) is 11.8 Å². The molecule has 3 aromatic carbocycles. The maximum absolute atomic E-state index is 12.9. The molecule has 5 rings (SSSR count). The Kier molecular flexibility index (Phi) is 7.42. The topological polar surface area (TPSA) is 76.2 Å². The Balaban J connectivity index is 1.26. The lowest BCUT2D eigenvalue weighted by Crippen LogP contribution is -2.50. The molecule has 0 spiro atoms. The number of benzene rings is 3. The molecule has 3 amide bonds. The van der Waals surface area contributed by atoms with Gasteiger partial charge in [0, 0.05) is 58.2 Å². The number of piperazine rings is 1. The zero-order chi connectivity index (χ0) is 26.6. The fraction of sp³-hybridized carbons (Fsp3) is 0.300. The van der Waals surface area contributed by atoms with Crippen LogP contribution >= 0.6 is 0 Å². The van der Waals surface area contributed by atoms with E-state index in [4.69, 9.17) is 0 Å². The van der Waals surface area contributed by atoms with E-state index in [1.807, 2.05) is 20.2 Å². The lowest BCUT2D eigenvalue weighted by Gasteiger charge is -2.40. The lowest BCUT2D eigenvalue weighted by atomic mass is 10.0. The van der Waals surface area contributed by atoms with Gasteiger partial charge in [0.1, 0.15) is 6.54 Å². The van der Waals surface area contributed by atoms with Gasteiger partial charge in [0.05, 0.1) is 17.2 Å². The first-order chi connectivity index (χ1) is 18.4. The van der Waals surface area contributed by atoms with Crippen molar-refractivity contribution in [2.45, 2.75) is 6.04 Å². The molecule has 2 aliphatic rings. The van der Waals surface area contributed by atoms with Crippen LogP contribution in [0, 0.1) is 0 Å². The van der Waals surface area contributed by atoms with Crippen LogP contribution in [0.15, 0.2) is 78.9 Å². The zero-order valence-electron chi connectivity index (χ0n) is 21.8. The maximum atomic E-state index is 12.9. The normalized spacial score (nSPS) is 16.4. The first kappa shape index (κ1) is 25.5. The van der Waals surface area contributed by atoms with E-state index in [2.05, 4.69) is 68.5 Å². The molecule has 0 saturated carbocycles. The summed E-state index contributed by atoms with van der Waals surface area (Å²) in [6.45, 7) is 3.57. The van der Waals surface area contributed by atoms with Crippen LogP contribution < -0.4 is 15.1 Å². The molecule has 2 heterocycles. The van der Waals surface area contributed by atoms with Gasteiger partial charge in [-0.15, -0.1) is 0 Å². The molecule has 196 valence electrons. The number of nitrogens with zero attached hydrogens (tertiary/aromatic N) is 4. The third kappa shape index (κ3) is 5.26. The number of imide groups is 1. The highest BCUT2D eigenvalue weighted by Crippen LogP contribution is 2.26. The second-order valence-corrected chi connectivity index (χ2v) is 9.91. The first-order valence-corrected chi connectivity index (χ1v) is 13.0. The van der Waals surface area contributed by atoms with Gasteiger partial charge in [-0.1, -0.05) is 42.5 Å². The van der Waals surface area contributed by atoms with Gasteiger partial charge in [-0.2, -0.15) is 0 Å². The summed E-state index contributed by atoms with van der Waals surface area (Å²) in [6.07, 6.45) is 0.